The quantitative estimate of drug-likeness (QED) is 0.835. The number of nitrogens with zero attached hydrogens (tertiary/aromatic N) is 5. The van der Waals surface area contributed by atoms with Crippen molar-refractivity contribution in [2.24, 2.45) is 5.73 Å². The summed E-state index contributed by atoms with van der Waals surface area (Å²) in [6.45, 7) is 1.69. The Balaban J connectivity index is 1.59. The van der Waals surface area contributed by atoms with E-state index in [1.54, 1.807) is 11.8 Å². The molecule has 8 nitrogen and oxygen atoms in total. The van der Waals surface area contributed by atoms with Gasteiger partial charge in [0.25, 0.3) is 0 Å². The number of hydrogen-bond donors (Lipinski definition) is 1. The van der Waals surface area contributed by atoms with Gasteiger partial charge in [0.05, 0.1) is 13.7 Å². The number of rotatable bonds is 5. The monoisotopic (exact) mass is 316 g/mol. The Morgan fingerprint density at radius 1 is 1.35 bits per heavy atom. The van der Waals surface area contributed by atoms with E-state index in [1.165, 1.54) is 6.33 Å². The van der Waals surface area contributed by atoms with Crippen LogP contribution < -0.4 is 10.5 Å². The zero-order valence-electron chi connectivity index (χ0n) is 13.0. The number of aromatic nitrogens is 4. The first kappa shape index (κ1) is 15.4. The lowest BCUT2D eigenvalue weighted by Crippen LogP contribution is -2.32. The third-order valence-electron chi connectivity index (χ3n) is 4.21. The first-order valence-electron chi connectivity index (χ1n) is 7.55. The number of benzene rings is 1. The van der Waals surface area contributed by atoms with Crippen molar-refractivity contribution in [1.29, 1.82) is 0 Å². The van der Waals surface area contributed by atoms with Crippen LogP contribution in [0.4, 0.5) is 0 Å². The number of aryl methyl sites for hydroxylation is 1. The van der Waals surface area contributed by atoms with E-state index >= 15 is 0 Å². The molecule has 0 bridgehead atoms. The largest absolute Gasteiger partial charge is 0.497 e. The van der Waals surface area contributed by atoms with Crippen LogP contribution in [0.25, 0.3) is 0 Å². The van der Waals surface area contributed by atoms with Gasteiger partial charge in [-0.2, -0.15) is 0 Å². The van der Waals surface area contributed by atoms with Gasteiger partial charge in [-0.15, -0.1) is 5.10 Å². The van der Waals surface area contributed by atoms with Crippen LogP contribution in [0.2, 0.25) is 0 Å². The lowest BCUT2D eigenvalue weighted by atomic mass is 9.95. The van der Waals surface area contributed by atoms with E-state index in [-0.39, 0.29) is 17.9 Å². The molecule has 0 radical (unpaired) electrons. The average Bonchev–Trinajstić information content (AvgIpc) is 3.22. The molecule has 1 aromatic heterocycles. The molecule has 2 aromatic rings. The summed E-state index contributed by atoms with van der Waals surface area (Å²) in [6, 6.07) is 7.81. The molecule has 1 aromatic carbocycles. The summed E-state index contributed by atoms with van der Waals surface area (Å²) in [5.74, 6) is 1.04. The molecule has 1 fully saturated rings. The molecule has 0 unspecified atom stereocenters. The highest BCUT2D eigenvalue weighted by atomic mass is 16.5. The molecule has 2 N–H and O–H groups in total. The number of nitrogens with two attached hydrogens (primary N) is 1. The Bertz CT molecular complexity index is 642. The summed E-state index contributed by atoms with van der Waals surface area (Å²) >= 11 is 0. The van der Waals surface area contributed by atoms with Crippen LogP contribution >= 0.6 is 0 Å². The van der Waals surface area contributed by atoms with Gasteiger partial charge >= 0.3 is 0 Å². The second-order valence-electron chi connectivity index (χ2n) is 5.67. The Hall–Kier alpha value is -2.48. The second kappa shape index (κ2) is 6.74. The molecule has 3 rings (SSSR count). The van der Waals surface area contributed by atoms with Gasteiger partial charge in [0.1, 0.15) is 12.1 Å². The van der Waals surface area contributed by atoms with Gasteiger partial charge < -0.3 is 15.4 Å². The fourth-order valence-electron chi connectivity index (χ4n) is 2.89. The zero-order valence-corrected chi connectivity index (χ0v) is 13.0. The first-order valence-corrected chi connectivity index (χ1v) is 7.55. The van der Waals surface area contributed by atoms with Gasteiger partial charge in [0, 0.05) is 31.5 Å². The van der Waals surface area contributed by atoms with Crippen molar-refractivity contribution >= 4 is 5.91 Å². The Labute approximate surface area is 134 Å². The maximum absolute atomic E-state index is 12.3. The summed E-state index contributed by atoms with van der Waals surface area (Å²) in [6.07, 6.45) is 1.87. The van der Waals surface area contributed by atoms with Gasteiger partial charge in [-0.3, -0.25) is 4.79 Å². The lowest BCUT2D eigenvalue weighted by Gasteiger charge is -2.16. The van der Waals surface area contributed by atoms with Crippen molar-refractivity contribution in [3.63, 3.8) is 0 Å². The minimum Gasteiger partial charge on any atom is -0.497 e. The van der Waals surface area contributed by atoms with E-state index in [2.05, 4.69) is 15.5 Å². The Morgan fingerprint density at radius 2 is 2.13 bits per heavy atom. The van der Waals surface area contributed by atoms with Crippen molar-refractivity contribution < 1.29 is 9.53 Å². The molecule has 1 aliphatic rings. The van der Waals surface area contributed by atoms with Crippen LogP contribution in [0.3, 0.4) is 0 Å². The van der Waals surface area contributed by atoms with Gasteiger partial charge in [-0.1, -0.05) is 12.1 Å². The van der Waals surface area contributed by atoms with Crippen molar-refractivity contribution in [1.82, 2.24) is 25.1 Å². The van der Waals surface area contributed by atoms with E-state index < -0.39 is 0 Å². The number of methoxy groups -OCH3 is 1. The normalized spacial score (nSPS) is 20.7. The summed E-state index contributed by atoms with van der Waals surface area (Å²) < 4.78 is 6.72. The predicted molar refractivity (Wildman–Crippen MR) is 82.7 cm³/mol. The smallest absolute Gasteiger partial charge is 0.224 e. The number of ether oxygens (including phenoxy) is 1. The number of carbonyl (C=O) groups is 1. The highest BCUT2D eigenvalue weighted by Crippen LogP contribution is 2.28. The summed E-state index contributed by atoms with van der Waals surface area (Å²) in [4.78, 5) is 14.2. The summed E-state index contributed by atoms with van der Waals surface area (Å²) in [5, 5.41) is 10.9. The SMILES string of the molecule is COc1ccc([C@H]2CN(C(=O)CCn3cnnn3)C[C@@H]2N)cc1. The van der Waals surface area contributed by atoms with Gasteiger partial charge in [-0.05, 0) is 28.1 Å². The highest BCUT2D eigenvalue weighted by molar-refractivity contribution is 5.76. The van der Waals surface area contributed by atoms with Crippen LogP contribution in [0.1, 0.15) is 17.9 Å². The number of amides is 1. The molecule has 122 valence electrons. The van der Waals surface area contributed by atoms with Gasteiger partial charge in [0.2, 0.25) is 5.91 Å². The number of hydrogen-bond acceptors (Lipinski definition) is 6. The van der Waals surface area contributed by atoms with Crippen LogP contribution in [0, 0.1) is 0 Å². The zero-order chi connectivity index (χ0) is 16.2. The third kappa shape index (κ3) is 3.48. The van der Waals surface area contributed by atoms with Gasteiger partial charge in [-0.25, -0.2) is 4.68 Å². The minimum atomic E-state index is -0.0552. The Morgan fingerprint density at radius 3 is 2.78 bits per heavy atom. The van der Waals surface area contributed by atoms with Crippen molar-refractivity contribution in [2.45, 2.75) is 24.9 Å². The molecule has 2 atom stereocenters. The van der Waals surface area contributed by atoms with E-state index in [4.69, 9.17) is 10.5 Å². The maximum Gasteiger partial charge on any atom is 0.224 e. The average molecular weight is 316 g/mol. The number of likely N-dealkylation sites (tertiary alicyclic amines) is 1. The molecule has 1 amide bonds. The highest BCUT2D eigenvalue weighted by Gasteiger charge is 2.33. The second-order valence-corrected chi connectivity index (χ2v) is 5.67. The van der Waals surface area contributed by atoms with E-state index in [9.17, 15) is 4.79 Å². The first-order chi connectivity index (χ1) is 11.2. The molecule has 1 aliphatic heterocycles. The minimum absolute atomic E-state index is 0.0552. The van der Waals surface area contributed by atoms with Crippen LogP contribution in [-0.2, 0) is 11.3 Å². The fraction of sp³-hybridized carbons (Fsp3) is 0.467. The molecule has 8 heteroatoms. The van der Waals surface area contributed by atoms with E-state index in [1.807, 2.05) is 29.2 Å². The van der Waals surface area contributed by atoms with Crippen molar-refractivity contribution in [2.75, 3.05) is 20.2 Å². The summed E-state index contributed by atoms with van der Waals surface area (Å²) in [7, 11) is 1.64. The fourth-order valence-corrected chi connectivity index (χ4v) is 2.89. The molecule has 0 aliphatic carbocycles. The molecule has 2 heterocycles. The van der Waals surface area contributed by atoms with Crippen LogP contribution in [0.15, 0.2) is 30.6 Å². The molecular formula is C15H20N6O2. The van der Waals surface area contributed by atoms with Crippen LogP contribution in [-0.4, -0.2) is 57.3 Å². The number of carbonyl (C=O) groups excluding carboxylic acids is 1. The van der Waals surface area contributed by atoms with Crippen LogP contribution in [0.5, 0.6) is 5.75 Å². The maximum atomic E-state index is 12.3. The Kier molecular flexibility index (Phi) is 4.52. The molecule has 0 spiro atoms. The predicted octanol–water partition coefficient (Wildman–Crippen LogP) is 0.0251. The standard InChI is InChI=1S/C15H20N6O2/c1-23-12-4-2-11(3-5-12)13-8-20(9-14(13)16)15(22)6-7-21-10-17-18-19-21/h2-5,10,13-14H,6-9,16H2,1H3/t13-,14+/m1/s1. The molecule has 23 heavy (non-hydrogen) atoms. The van der Waals surface area contributed by atoms with Crippen molar-refractivity contribution in [3.05, 3.63) is 36.2 Å². The number of tetrazole rings is 1. The van der Waals surface area contributed by atoms with Gasteiger partial charge in [0.15, 0.2) is 0 Å². The lowest BCUT2D eigenvalue weighted by molar-refractivity contribution is -0.130. The van der Waals surface area contributed by atoms with E-state index in [0.29, 0.717) is 26.1 Å². The van der Waals surface area contributed by atoms with E-state index in [0.717, 1.165) is 11.3 Å². The molecule has 0 saturated carbocycles. The van der Waals surface area contributed by atoms with Crippen molar-refractivity contribution in [3.8, 4) is 5.75 Å². The molecule has 1 saturated heterocycles. The third-order valence-corrected chi connectivity index (χ3v) is 4.21. The topological polar surface area (TPSA) is 99.2 Å². The molecular weight excluding hydrogens is 296 g/mol. The summed E-state index contributed by atoms with van der Waals surface area (Å²) in [5.41, 5.74) is 7.37.